The summed E-state index contributed by atoms with van der Waals surface area (Å²) in [5.74, 6) is -0.183. The summed E-state index contributed by atoms with van der Waals surface area (Å²) in [7, 11) is -2.03. The van der Waals surface area contributed by atoms with Gasteiger partial charge in [0.2, 0.25) is 10.0 Å². The number of benzene rings is 3. The van der Waals surface area contributed by atoms with Crippen LogP contribution in [0.25, 0.3) is 0 Å². The van der Waals surface area contributed by atoms with Gasteiger partial charge in [-0.2, -0.15) is 9.40 Å². The summed E-state index contributed by atoms with van der Waals surface area (Å²) in [6.45, 7) is 2.70. The van der Waals surface area contributed by atoms with Crippen molar-refractivity contribution >= 4 is 39.2 Å². The zero-order chi connectivity index (χ0) is 27.5. The highest BCUT2D eigenvalue weighted by Gasteiger charge is 2.71. The van der Waals surface area contributed by atoms with E-state index in [1.54, 1.807) is 23.5 Å². The van der Waals surface area contributed by atoms with Gasteiger partial charge < -0.3 is 10.7 Å². The number of nitrogens with one attached hydrogen (secondary N) is 2. The SMILES string of the molecule is Cc1cc(Nc2ccc(F)cc2)c(C=N)cc1[C@@]12CN(S(=O)(=O)c3cnn(C)c3)C[C@@H]1[C@@H]2c1cccc(Cl)c1. The van der Waals surface area contributed by atoms with Crippen molar-refractivity contribution < 1.29 is 12.8 Å². The van der Waals surface area contributed by atoms with Crippen molar-refractivity contribution in [3.63, 3.8) is 0 Å². The molecule has 1 saturated carbocycles. The molecule has 39 heavy (non-hydrogen) atoms. The molecule has 4 aromatic rings. The monoisotopic (exact) mass is 563 g/mol. The van der Waals surface area contributed by atoms with E-state index in [-0.39, 0.29) is 22.5 Å². The molecule has 1 aromatic heterocycles. The topological polar surface area (TPSA) is 91.1 Å². The van der Waals surface area contributed by atoms with Crippen molar-refractivity contribution in [1.29, 1.82) is 5.41 Å². The van der Waals surface area contributed by atoms with Gasteiger partial charge in [-0.1, -0.05) is 23.7 Å². The summed E-state index contributed by atoms with van der Waals surface area (Å²) in [4.78, 5) is 0.177. The van der Waals surface area contributed by atoms with E-state index in [0.717, 1.165) is 22.4 Å². The third-order valence-corrected chi connectivity index (χ3v) is 10.1. The molecule has 6 rings (SSSR count). The van der Waals surface area contributed by atoms with Crippen LogP contribution in [0, 0.1) is 24.1 Å². The molecule has 200 valence electrons. The van der Waals surface area contributed by atoms with Crippen LogP contribution in [0.4, 0.5) is 15.8 Å². The molecule has 2 N–H and O–H groups in total. The maximum Gasteiger partial charge on any atom is 0.246 e. The Morgan fingerprint density at radius 1 is 1.18 bits per heavy atom. The predicted octanol–water partition coefficient (Wildman–Crippen LogP) is 5.62. The molecule has 0 spiro atoms. The highest BCUT2D eigenvalue weighted by molar-refractivity contribution is 7.89. The van der Waals surface area contributed by atoms with Crippen molar-refractivity contribution in [2.75, 3.05) is 18.4 Å². The lowest BCUT2D eigenvalue weighted by molar-refractivity contribution is 0.421. The first-order chi connectivity index (χ1) is 18.6. The molecule has 3 atom stereocenters. The molecule has 0 unspecified atom stereocenters. The van der Waals surface area contributed by atoms with Gasteiger partial charge >= 0.3 is 0 Å². The average Bonchev–Trinajstić information content (AvgIpc) is 3.18. The quantitative estimate of drug-likeness (QED) is 0.286. The summed E-state index contributed by atoms with van der Waals surface area (Å²) in [5.41, 5.74) is 4.72. The number of piperidine rings is 1. The highest BCUT2D eigenvalue weighted by atomic mass is 35.5. The van der Waals surface area contributed by atoms with Crippen molar-refractivity contribution in [1.82, 2.24) is 14.1 Å². The third kappa shape index (κ3) is 4.25. The minimum atomic E-state index is -3.73. The Balaban J connectivity index is 1.42. The fraction of sp³-hybridized carbons (Fsp3) is 0.241. The molecule has 1 aliphatic heterocycles. The summed E-state index contributed by atoms with van der Waals surface area (Å²) < 4.78 is 43.6. The van der Waals surface area contributed by atoms with Crippen molar-refractivity contribution in [2.24, 2.45) is 13.0 Å². The number of hydrogen-bond donors (Lipinski definition) is 2. The van der Waals surface area contributed by atoms with Crippen LogP contribution < -0.4 is 5.32 Å². The second-order valence-electron chi connectivity index (χ2n) is 10.4. The number of aromatic nitrogens is 2. The first kappa shape index (κ1) is 25.7. The number of nitrogens with zero attached hydrogens (tertiary/aromatic N) is 3. The minimum absolute atomic E-state index is 0.0515. The Hall–Kier alpha value is -3.53. The minimum Gasteiger partial charge on any atom is -0.355 e. The Morgan fingerprint density at radius 2 is 1.95 bits per heavy atom. The van der Waals surface area contributed by atoms with Crippen molar-refractivity contribution in [2.45, 2.75) is 23.2 Å². The first-order valence-corrected chi connectivity index (χ1v) is 14.4. The van der Waals surface area contributed by atoms with Crippen LogP contribution in [0.5, 0.6) is 0 Å². The van der Waals surface area contributed by atoms with Gasteiger partial charge in [0, 0.05) is 65.8 Å². The number of aryl methyl sites for hydroxylation is 2. The zero-order valence-corrected chi connectivity index (χ0v) is 23.0. The predicted molar refractivity (Wildman–Crippen MR) is 150 cm³/mol. The van der Waals surface area contributed by atoms with E-state index in [4.69, 9.17) is 17.0 Å². The van der Waals surface area contributed by atoms with E-state index in [1.807, 2.05) is 43.3 Å². The molecule has 2 fully saturated rings. The average molecular weight is 564 g/mol. The number of anilines is 2. The smallest absolute Gasteiger partial charge is 0.246 e. The molecule has 1 aliphatic carbocycles. The maximum absolute atomic E-state index is 13.6. The Bertz CT molecular complexity index is 1710. The second-order valence-corrected chi connectivity index (χ2v) is 12.7. The molecule has 0 bridgehead atoms. The lowest BCUT2D eigenvalue weighted by Crippen LogP contribution is -2.34. The van der Waals surface area contributed by atoms with Crippen LogP contribution in [0.1, 0.15) is 28.2 Å². The molecular weight excluding hydrogens is 537 g/mol. The number of rotatable bonds is 7. The summed E-state index contributed by atoms with van der Waals surface area (Å²) >= 11 is 6.36. The van der Waals surface area contributed by atoms with Gasteiger partial charge in [-0.3, -0.25) is 4.68 Å². The molecule has 10 heteroatoms. The van der Waals surface area contributed by atoms with Gasteiger partial charge in [-0.15, -0.1) is 0 Å². The normalized spacial score (nSPS) is 22.5. The summed E-state index contributed by atoms with van der Waals surface area (Å²) in [6.07, 6.45) is 4.19. The number of sulfonamides is 1. The summed E-state index contributed by atoms with van der Waals surface area (Å²) in [5, 5.41) is 16.1. The molecule has 2 heterocycles. The van der Waals surface area contributed by atoms with Gasteiger partial charge in [0.15, 0.2) is 0 Å². The van der Waals surface area contributed by atoms with E-state index in [9.17, 15) is 12.8 Å². The molecule has 3 aromatic carbocycles. The number of halogens is 2. The number of fused-ring (bicyclic) bond motifs is 1. The second kappa shape index (κ2) is 9.29. The van der Waals surface area contributed by atoms with Crippen LogP contribution in [-0.4, -0.2) is 41.8 Å². The van der Waals surface area contributed by atoms with E-state index in [2.05, 4.69) is 10.4 Å². The van der Waals surface area contributed by atoms with E-state index < -0.39 is 15.4 Å². The Kier molecular flexibility index (Phi) is 6.13. The Labute approximate surface area is 231 Å². The molecule has 0 radical (unpaired) electrons. The molecular formula is C29H27ClFN5O2S. The molecule has 0 amide bonds. The van der Waals surface area contributed by atoms with Crippen molar-refractivity contribution in [3.8, 4) is 0 Å². The van der Waals surface area contributed by atoms with Gasteiger partial charge in [-0.05, 0) is 78.1 Å². The van der Waals surface area contributed by atoms with Crippen LogP contribution >= 0.6 is 11.6 Å². The molecule has 7 nitrogen and oxygen atoms in total. The lowest BCUT2D eigenvalue weighted by Gasteiger charge is -2.26. The zero-order valence-electron chi connectivity index (χ0n) is 21.4. The van der Waals surface area contributed by atoms with E-state index in [1.165, 1.54) is 35.4 Å². The largest absolute Gasteiger partial charge is 0.355 e. The fourth-order valence-corrected chi connectivity index (χ4v) is 7.97. The van der Waals surface area contributed by atoms with E-state index in [0.29, 0.717) is 29.4 Å². The van der Waals surface area contributed by atoms with Crippen LogP contribution in [0.2, 0.25) is 5.02 Å². The Morgan fingerprint density at radius 3 is 2.62 bits per heavy atom. The van der Waals surface area contributed by atoms with Crippen LogP contribution in [0.3, 0.4) is 0 Å². The van der Waals surface area contributed by atoms with E-state index >= 15 is 0 Å². The molecule has 2 aliphatic rings. The third-order valence-electron chi connectivity index (χ3n) is 8.05. The highest BCUT2D eigenvalue weighted by Crippen LogP contribution is 2.70. The summed E-state index contributed by atoms with van der Waals surface area (Å²) in [6, 6.07) is 17.8. The molecule has 1 saturated heterocycles. The lowest BCUT2D eigenvalue weighted by atomic mass is 9.86. The van der Waals surface area contributed by atoms with Gasteiger partial charge in [-0.25, -0.2) is 12.8 Å². The maximum atomic E-state index is 13.6. The van der Waals surface area contributed by atoms with Crippen LogP contribution in [-0.2, 0) is 22.5 Å². The van der Waals surface area contributed by atoms with Gasteiger partial charge in [0.05, 0.1) is 6.20 Å². The first-order valence-electron chi connectivity index (χ1n) is 12.6. The van der Waals surface area contributed by atoms with Gasteiger partial charge in [0.25, 0.3) is 0 Å². The standard InChI is InChI=1S/C29H27ClFN5O2S/c1-18-10-27(34-23-8-6-22(31)7-9-23)20(13-32)12-25(18)29-17-36(39(37,38)24-14-33-35(2)15-24)16-26(29)28(29)19-4-3-5-21(30)11-19/h3-15,26,28,32,34H,16-17H2,1-2H3/t26-,28+,29+/m1/s1. The van der Waals surface area contributed by atoms with Crippen LogP contribution in [0.15, 0.2) is 78.0 Å². The van der Waals surface area contributed by atoms with Crippen molar-refractivity contribution in [3.05, 3.63) is 106 Å². The number of hydrogen-bond acceptors (Lipinski definition) is 5. The fourth-order valence-electron chi connectivity index (χ4n) is 6.27. The van der Waals surface area contributed by atoms with Gasteiger partial charge in [0.1, 0.15) is 10.7 Å².